The number of thiazole rings is 1. The molecule has 1 N–H and O–H groups in total. The first-order valence-corrected chi connectivity index (χ1v) is 8.29. The Hall–Kier alpha value is -1.89. The van der Waals surface area contributed by atoms with Crippen LogP contribution in [0.3, 0.4) is 0 Å². The van der Waals surface area contributed by atoms with Gasteiger partial charge in [-0.05, 0) is 6.42 Å². The maximum atomic E-state index is 12.2. The monoisotopic (exact) mass is 321 g/mol. The molecule has 0 saturated carbocycles. The van der Waals surface area contributed by atoms with Gasteiger partial charge in [0, 0.05) is 56.4 Å². The Balaban J connectivity index is 1.86. The number of amides is 2. The van der Waals surface area contributed by atoms with Crippen LogP contribution in [0.1, 0.15) is 36.0 Å². The number of likely N-dealkylation sites (N-methyl/N-ethyl adjacent to an activating group) is 1. The standard InChI is InChI=1S/C15H23N5OS/c1-5-13-12(10-20(4)18-13)8-17-15(21)19(3)9-11(2)14-16-6-7-22-14/h6-7,10-11H,5,8-9H2,1-4H3,(H,17,21)/t11-/m1/s1. The minimum atomic E-state index is -0.0747. The number of carbonyl (C=O) groups excluding carboxylic acids is 1. The van der Waals surface area contributed by atoms with E-state index < -0.39 is 0 Å². The van der Waals surface area contributed by atoms with Gasteiger partial charge in [-0.15, -0.1) is 11.3 Å². The fourth-order valence-electron chi connectivity index (χ4n) is 2.38. The summed E-state index contributed by atoms with van der Waals surface area (Å²) in [5.41, 5.74) is 2.10. The number of aryl methyl sites for hydroxylation is 2. The van der Waals surface area contributed by atoms with E-state index in [1.165, 1.54) is 0 Å². The Kier molecular flexibility index (Phi) is 5.54. The predicted octanol–water partition coefficient (Wildman–Crippen LogP) is 2.38. The number of aromatic nitrogens is 3. The van der Waals surface area contributed by atoms with Crippen molar-refractivity contribution in [1.82, 2.24) is 25.0 Å². The van der Waals surface area contributed by atoms with Gasteiger partial charge in [0.2, 0.25) is 0 Å². The Morgan fingerprint density at radius 3 is 2.95 bits per heavy atom. The summed E-state index contributed by atoms with van der Waals surface area (Å²) in [5.74, 6) is 0.236. The van der Waals surface area contributed by atoms with Gasteiger partial charge in [0.25, 0.3) is 0 Å². The maximum Gasteiger partial charge on any atom is 0.317 e. The van der Waals surface area contributed by atoms with E-state index in [2.05, 4.69) is 29.2 Å². The average Bonchev–Trinajstić information content (AvgIpc) is 3.13. The van der Waals surface area contributed by atoms with E-state index in [9.17, 15) is 4.79 Å². The maximum absolute atomic E-state index is 12.2. The highest BCUT2D eigenvalue weighted by Gasteiger charge is 2.16. The Labute approximate surface area is 135 Å². The molecule has 0 unspecified atom stereocenters. The van der Waals surface area contributed by atoms with Crippen molar-refractivity contribution in [2.24, 2.45) is 7.05 Å². The van der Waals surface area contributed by atoms with Gasteiger partial charge in [0.05, 0.1) is 10.7 Å². The number of hydrogen-bond donors (Lipinski definition) is 1. The smallest absolute Gasteiger partial charge is 0.317 e. The van der Waals surface area contributed by atoms with Gasteiger partial charge in [-0.1, -0.05) is 13.8 Å². The molecule has 2 aromatic heterocycles. The van der Waals surface area contributed by atoms with Crippen LogP contribution in [-0.4, -0.2) is 39.3 Å². The highest BCUT2D eigenvalue weighted by atomic mass is 32.1. The fraction of sp³-hybridized carbons (Fsp3) is 0.533. The van der Waals surface area contributed by atoms with Crippen molar-refractivity contribution in [2.45, 2.75) is 32.7 Å². The summed E-state index contributed by atoms with van der Waals surface area (Å²) < 4.78 is 1.79. The lowest BCUT2D eigenvalue weighted by molar-refractivity contribution is 0.206. The summed E-state index contributed by atoms with van der Waals surface area (Å²) in [6.07, 6.45) is 4.62. The highest BCUT2D eigenvalue weighted by Crippen LogP contribution is 2.18. The summed E-state index contributed by atoms with van der Waals surface area (Å²) >= 11 is 1.62. The molecule has 0 bridgehead atoms. The molecule has 22 heavy (non-hydrogen) atoms. The van der Waals surface area contributed by atoms with E-state index in [-0.39, 0.29) is 11.9 Å². The fourth-order valence-corrected chi connectivity index (χ4v) is 3.07. The summed E-state index contributed by atoms with van der Waals surface area (Å²) in [5, 5.41) is 10.3. The molecule has 2 aromatic rings. The largest absolute Gasteiger partial charge is 0.334 e. The molecule has 2 rings (SSSR count). The molecule has 2 amide bonds. The lowest BCUT2D eigenvalue weighted by atomic mass is 10.2. The van der Waals surface area contributed by atoms with Crippen LogP contribution < -0.4 is 5.32 Å². The first-order chi connectivity index (χ1) is 10.5. The van der Waals surface area contributed by atoms with E-state index in [4.69, 9.17) is 0 Å². The number of carbonyl (C=O) groups is 1. The van der Waals surface area contributed by atoms with E-state index in [1.807, 2.05) is 25.7 Å². The molecule has 0 fully saturated rings. The molecule has 0 saturated heterocycles. The van der Waals surface area contributed by atoms with Crippen LogP contribution in [0.5, 0.6) is 0 Å². The summed E-state index contributed by atoms with van der Waals surface area (Å²) in [7, 11) is 3.70. The number of hydrogen-bond acceptors (Lipinski definition) is 4. The molecule has 6 nitrogen and oxygen atoms in total. The van der Waals surface area contributed by atoms with Crippen molar-refractivity contribution in [3.8, 4) is 0 Å². The van der Waals surface area contributed by atoms with Crippen LogP contribution in [0, 0.1) is 0 Å². The van der Waals surface area contributed by atoms with Crippen LogP contribution in [-0.2, 0) is 20.0 Å². The molecular formula is C15H23N5OS. The number of rotatable bonds is 6. The molecule has 120 valence electrons. The first kappa shape index (κ1) is 16.5. The molecular weight excluding hydrogens is 298 g/mol. The minimum Gasteiger partial charge on any atom is -0.334 e. The predicted molar refractivity (Wildman–Crippen MR) is 88.0 cm³/mol. The zero-order chi connectivity index (χ0) is 16.1. The van der Waals surface area contributed by atoms with Gasteiger partial charge in [-0.2, -0.15) is 5.10 Å². The topological polar surface area (TPSA) is 63.1 Å². The van der Waals surface area contributed by atoms with E-state index in [0.29, 0.717) is 13.1 Å². The van der Waals surface area contributed by atoms with E-state index >= 15 is 0 Å². The summed E-state index contributed by atoms with van der Waals surface area (Å²) in [6.45, 7) is 5.30. The van der Waals surface area contributed by atoms with Crippen molar-refractivity contribution in [3.05, 3.63) is 34.0 Å². The molecule has 0 aliphatic rings. The van der Waals surface area contributed by atoms with Gasteiger partial charge < -0.3 is 10.2 Å². The van der Waals surface area contributed by atoms with Crippen molar-refractivity contribution < 1.29 is 4.79 Å². The molecule has 1 atom stereocenters. The molecule has 0 aliphatic heterocycles. The second kappa shape index (κ2) is 7.40. The third-order valence-corrected chi connectivity index (χ3v) is 4.53. The molecule has 0 radical (unpaired) electrons. The lowest BCUT2D eigenvalue weighted by Gasteiger charge is -2.21. The van der Waals surface area contributed by atoms with Gasteiger partial charge in [0.1, 0.15) is 0 Å². The third-order valence-electron chi connectivity index (χ3n) is 3.52. The van der Waals surface area contributed by atoms with Crippen molar-refractivity contribution in [2.75, 3.05) is 13.6 Å². The van der Waals surface area contributed by atoms with Gasteiger partial charge in [-0.3, -0.25) is 4.68 Å². The zero-order valence-corrected chi connectivity index (χ0v) is 14.4. The average molecular weight is 321 g/mol. The second-order valence-corrected chi connectivity index (χ2v) is 6.37. The van der Waals surface area contributed by atoms with Gasteiger partial charge in [-0.25, -0.2) is 9.78 Å². The highest BCUT2D eigenvalue weighted by molar-refractivity contribution is 7.09. The number of nitrogens with one attached hydrogen (secondary N) is 1. The number of urea groups is 1. The summed E-state index contributed by atoms with van der Waals surface area (Å²) in [4.78, 5) is 18.2. The normalized spacial score (nSPS) is 12.2. The molecule has 0 spiro atoms. The van der Waals surface area contributed by atoms with Crippen molar-refractivity contribution in [1.29, 1.82) is 0 Å². The number of nitrogens with zero attached hydrogens (tertiary/aromatic N) is 4. The van der Waals surface area contributed by atoms with Crippen LogP contribution >= 0.6 is 11.3 Å². The quantitative estimate of drug-likeness (QED) is 0.888. The lowest BCUT2D eigenvalue weighted by Crippen LogP contribution is -2.38. The van der Waals surface area contributed by atoms with Gasteiger partial charge in [0.15, 0.2) is 0 Å². The van der Waals surface area contributed by atoms with Crippen LogP contribution in [0.2, 0.25) is 0 Å². The molecule has 0 aliphatic carbocycles. The minimum absolute atomic E-state index is 0.0747. The molecule has 7 heteroatoms. The summed E-state index contributed by atoms with van der Waals surface area (Å²) in [6, 6.07) is -0.0747. The van der Waals surface area contributed by atoms with Crippen molar-refractivity contribution >= 4 is 17.4 Å². The van der Waals surface area contributed by atoms with Crippen molar-refractivity contribution in [3.63, 3.8) is 0 Å². The van der Waals surface area contributed by atoms with Crippen LogP contribution in [0.4, 0.5) is 4.79 Å². The Bertz CT molecular complexity index is 607. The molecule has 2 heterocycles. The third kappa shape index (κ3) is 4.07. The first-order valence-electron chi connectivity index (χ1n) is 7.41. The zero-order valence-electron chi connectivity index (χ0n) is 13.5. The SMILES string of the molecule is CCc1nn(C)cc1CNC(=O)N(C)C[C@@H](C)c1nccs1. The van der Waals surface area contributed by atoms with E-state index in [0.717, 1.165) is 22.7 Å². The second-order valence-electron chi connectivity index (χ2n) is 5.44. The Morgan fingerprint density at radius 2 is 2.32 bits per heavy atom. The van der Waals surface area contributed by atoms with Crippen LogP contribution in [0.15, 0.2) is 17.8 Å². The van der Waals surface area contributed by atoms with Gasteiger partial charge >= 0.3 is 6.03 Å². The van der Waals surface area contributed by atoms with Crippen LogP contribution in [0.25, 0.3) is 0 Å². The van der Waals surface area contributed by atoms with E-state index in [1.54, 1.807) is 27.1 Å². The molecule has 0 aromatic carbocycles. The Morgan fingerprint density at radius 1 is 1.55 bits per heavy atom.